The van der Waals surface area contributed by atoms with Crippen molar-refractivity contribution in [3.63, 3.8) is 0 Å². The SMILES string of the molecule is CNC1CCN(CC(=O)c2nccs2)CC1.Cl. The van der Waals surface area contributed by atoms with Gasteiger partial charge in [-0.2, -0.15) is 0 Å². The molecule has 1 aromatic rings. The summed E-state index contributed by atoms with van der Waals surface area (Å²) in [6.07, 6.45) is 3.94. The monoisotopic (exact) mass is 275 g/mol. The molecule has 0 atom stereocenters. The largest absolute Gasteiger partial charge is 0.317 e. The van der Waals surface area contributed by atoms with Crippen LogP contribution in [0.15, 0.2) is 11.6 Å². The smallest absolute Gasteiger partial charge is 0.205 e. The van der Waals surface area contributed by atoms with Crippen molar-refractivity contribution in [2.75, 3.05) is 26.7 Å². The Bertz CT molecular complexity index is 336. The number of aromatic nitrogens is 1. The Morgan fingerprint density at radius 1 is 1.59 bits per heavy atom. The van der Waals surface area contributed by atoms with Crippen molar-refractivity contribution in [3.8, 4) is 0 Å². The summed E-state index contributed by atoms with van der Waals surface area (Å²) in [5.41, 5.74) is 0. The molecule has 1 saturated heterocycles. The lowest BCUT2D eigenvalue weighted by molar-refractivity contribution is 0.0905. The van der Waals surface area contributed by atoms with Crippen LogP contribution in [0.25, 0.3) is 0 Å². The maximum Gasteiger partial charge on any atom is 0.205 e. The van der Waals surface area contributed by atoms with E-state index in [-0.39, 0.29) is 18.2 Å². The number of nitrogens with one attached hydrogen (secondary N) is 1. The fraction of sp³-hybridized carbons (Fsp3) is 0.636. The average molecular weight is 276 g/mol. The van der Waals surface area contributed by atoms with Crippen LogP contribution in [0.5, 0.6) is 0 Å². The normalized spacial score (nSPS) is 17.7. The van der Waals surface area contributed by atoms with Gasteiger partial charge in [0.05, 0.1) is 6.54 Å². The number of halogens is 1. The van der Waals surface area contributed by atoms with E-state index in [4.69, 9.17) is 0 Å². The molecule has 0 radical (unpaired) electrons. The molecule has 2 rings (SSSR count). The number of Topliss-reactive ketones (excluding diaryl/α,β-unsaturated/α-hetero) is 1. The van der Waals surface area contributed by atoms with Crippen LogP contribution < -0.4 is 5.32 Å². The van der Waals surface area contributed by atoms with E-state index in [1.165, 1.54) is 11.3 Å². The molecule has 1 N–H and O–H groups in total. The van der Waals surface area contributed by atoms with Crippen molar-refractivity contribution in [3.05, 3.63) is 16.6 Å². The van der Waals surface area contributed by atoms with E-state index in [0.29, 0.717) is 17.6 Å². The van der Waals surface area contributed by atoms with Crippen molar-refractivity contribution in [2.24, 2.45) is 0 Å². The summed E-state index contributed by atoms with van der Waals surface area (Å²) in [6.45, 7) is 2.52. The maximum absolute atomic E-state index is 11.8. The number of carbonyl (C=O) groups excluding carboxylic acids is 1. The molecule has 0 saturated carbocycles. The zero-order valence-electron chi connectivity index (χ0n) is 9.89. The van der Waals surface area contributed by atoms with Crippen molar-refractivity contribution < 1.29 is 4.79 Å². The van der Waals surface area contributed by atoms with E-state index < -0.39 is 0 Å². The van der Waals surface area contributed by atoms with E-state index in [1.807, 2.05) is 12.4 Å². The number of ketones is 1. The van der Waals surface area contributed by atoms with Crippen molar-refractivity contribution >= 4 is 29.5 Å². The molecule has 2 heterocycles. The van der Waals surface area contributed by atoms with Gasteiger partial charge in [-0.3, -0.25) is 9.69 Å². The lowest BCUT2D eigenvalue weighted by atomic mass is 10.1. The Morgan fingerprint density at radius 2 is 2.29 bits per heavy atom. The van der Waals surface area contributed by atoms with E-state index in [1.54, 1.807) is 6.20 Å². The molecule has 1 aliphatic rings. The molecule has 17 heavy (non-hydrogen) atoms. The Balaban J connectivity index is 0.00000144. The predicted molar refractivity (Wildman–Crippen MR) is 72.2 cm³/mol. The van der Waals surface area contributed by atoms with Crippen LogP contribution in [0.2, 0.25) is 0 Å². The third-order valence-electron chi connectivity index (χ3n) is 3.03. The molecule has 0 bridgehead atoms. The molecule has 0 aliphatic carbocycles. The molecular weight excluding hydrogens is 258 g/mol. The van der Waals surface area contributed by atoms with E-state index in [9.17, 15) is 4.79 Å². The third kappa shape index (κ3) is 4.03. The highest BCUT2D eigenvalue weighted by molar-refractivity contribution is 7.11. The Hall–Kier alpha value is -0.490. The second-order valence-corrected chi connectivity index (χ2v) is 4.99. The maximum atomic E-state index is 11.8. The standard InChI is InChI=1S/C11H17N3OS.ClH/c1-12-9-2-5-14(6-3-9)8-10(15)11-13-4-7-16-11;/h4,7,9,12H,2-3,5-6,8H2,1H3;1H. The first-order valence-electron chi connectivity index (χ1n) is 5.62. The van der Waals surface area contributed by atoms with Crippen LogP contribution >= 0.6 is 23.7 Å². The first-order chi connectivity index (χ1) is 7.79. The van der Waals surface area contributed by atoms with Gasteiger partial charge in [-0.1, -0.05) is 0 Å². The zero-order valence-corrected chi connectivity index (χ0v) is 11.5. The number of hydrogen-bond donors (Lipinski definition) is 1. The van der Waals surface area contributed by atoms with Crippen LogP contribution in [-0.4, -0.2) is 48.4 Å². The van der Waals surface area contributed by atoms with Crippen LogP contribution in [0.4, 0.5) is 0 Å². The van der Waals surface area contributed by atoms with E-state index in [0.717, 1.165) is 25.9 Å². The molecular formula is C11H18ClN3OS. The fourth-order valence-electron chi connectivity index (χ4n) is 2.01. The summed E-state index contributed by atoms with van der Waals surface area (Å²) in [5, 5.41) is 5.77. The van der Waals surface area contributed by atoms with Gasteiger partial charge in [0.2, 0.25) is 5.78 Å². The average Bonchev–Trinajstić information content (AvgIpc) is 2.83. The van der Waals surface area contributed by atoms with Crippen molar-refractivity contribution in [1.82, 2.24) is 15.2 Å². The second-order valence-electron chi connectivity index (χ2n) is 4.10. The molecule has 0 amide bonds. The van der Waals surface area contributed by atoms with Crippen LogP contribution in [0.1, 0.15) is 22.6 Å². The van der Waals surface area contributed by atoms with Crippen molar-refractivity contribution in [1.29, 1.82) is 0 Å². The van der Waals surface area contributed by atoms with Crippen molar-refractivity contribution in [2.45, 2.75) is 18.9 Å². The minimum absolute atomic E-state index is 0. The summed E-state index contributed by atoms with van der Waals surface area (Å²) in [5.74, 6) is 0.151. The predicted octanol–water partition coefficient (Wildman–Crippen LogP) is 1.43. The third-order valence-corrected chi connectivity index (χ3v) is 3.85. The van der Waals surface area contributed by atoms with Crippen LogP contribution in [0, 0.1) is 0 Å². The Morgan fingerprint density at radius 3 is 2.82 bits per heavy atom. The summed E-state index contributed by atoms with van der Waals surface area (Å²) in [7, 11) is 2.00. The van der Waals surface area contributed by atoms with E-state index >= 15 is 0 Å². The van der Waals surface area contributed by atoms with Gasteiger partial charge >= 0.3 is 0 Å². The van der Waals surface area contributed by atoms with Gasteiger partial charge < -0.3 is 5.32 Å². The number of hydrogen-bond acceptors (Lipinski definition) is 5. The number of rotatable bonds is 4. The van der Waals surface area contributed by atoms with Gasteiger partial charge in [0.25, 0.3) is 0 Å². The molecule has 0 unspecified atom stereocenters. The topological polar surface area (TPSA) is 45.2 Å². The number of likely N-dealkylation sites (tertiary alicyclic amines) is 1. The van der Waals surface area contributed by atoms with E-state index in [2.05, 4.69) is 15.2 Å². The number of carbonyl (C=O) groups is 1. The summed E-state index contributed by atoms with van der Waals surface area (Å²) < 4.78 is 0. The molecule has 1 aromatic heterocycles. The highest BCUT2D eigenvalue weighted by Gasteiger charge is 2.20. The first-order valence-corrected chi connectivity index (χ1v) is 6.50. The molecule has 6 heteroatoms. The summed E-state index contributed by atoms with van der Waals surface area (Å²) in [4.78, 5) is 18.1. The molecule has 4 nitrogen and oxygen atoms in total. The van der Waals surface area contributed by atoms with Gasteiger partial charge in [-0.25, -0.2) is 4.98 Å². The minimum Gasteiger partial charge on any atom is -0.317 e. The van der Waals surface area contributed by atoms with Gasteiger partial charge in [-0.05, 0) is 19.9 Å². The number of nitrogens with zero attached hydrogens (tertiary/aromatic N) is 2. The second kappa shape index (κ2) is 7.06. The molecule has 1 aliphatic heterocycles. The molecule has 0 aromatic carbocycles. The Labute approximate surface area is 112 Å². The molecule has 96 valence electrons. The highest BCUT2D eigenvalue weighted by Crippen LogP contribution is 2.12. The molecule has 0 spiro atoms. The Kier molecular flexibility index (Phi) is 6.05. The fourth-order valence-corrected chi connectivity index (χ4v) is 2.58. The van der Waals surface area contributed by atoms with Gasteiger partial charge in [0, 0.05) is 30.7 Å². The number of thiazole rings is 1. The minimum atomic E-state index is 0. The summed E-state index contributed by atoms with van der Waals surface area (Å²) in [6, 6.07) is 0.617. The molecule has 1 fully saturated rings. The lowest BCUT2D eigenvalue weighted by Crippen LogP contribution is -2.43. The quantitative estimate of drug-likeness (QED) is 0.845. The number of piperidine rings is 1. The van der Waals surface area contributed by atoms with Crippen LogP contribution in [-0.2, 0) is 0 Å². The summed E-state index contributed by atoms with van der Waals surface area (Å²) >= 11 is 1.42. The highest BCUT2D eigenvalue weighted by atomic mass is 35.5. The van der Waals surface area contributed by atoms with Crippen LogP contribution in [0.3, 0.4) is 0 Å². The zero-order chi connectivity index (χ0) is 11.4. The van der Waals surface area contributed by atoms with Gasteiger partial charge in [0.15, 0.2) is 5.01 Å². The van der Waals surface area contributed by atoms with Gasteiger partial charge in [-0.15, -0.1) is 23.7 Å². The lowest BCUT2D eigenvalue weighted by Gasteiger charge is -2.30. The van der Waals surface area contributed by atoms with Gasteiger partial charge in [0.1, 0.15) is 0 Å². The first kappa shape index (κ1) is 14.6.